The third kappa shape index (κ3) is 2.16. The van der Waals surface area contributed by atoms with E-state index in [9.17, 15) is 0 Å². The average molecular weight is 237 g/mol. The fourth-order valence-electron chi connectivity index (χ4n) is 1.78. The molecule has 1 saturated heterocycles. The summed E-state index contributed by atoms with van der Waals surface area (Å²) in [6.07, 6.45) is 1.56. The molecule has 0 spiro atoms. The van der Waals surface area contributed by atoms with Crippen LogP contribution in [0.25, 0.3) is 0 Å². The highest BCUT2D eigenvalue weighted by molar-refractivity contribution is 6.63. The number of aromatic nitrogens is 2. The molecular weight excluding hydrogens is 223 g/mol. The number of hydrogen-bond acceptors (Lipinski definition) is 3. The Labute approximate surface area is 112 Å². The quantitative estimate of drug-likeness (QED) is 0.636. The summed E-state index contributed by atoms with van der Waals surface area (Å²) in [4.78, 5) is 0. The van der Waals surface area contributed by atoms with E-state index in [2.05, 4.69) is 5.10 Å². The fourth-order valence-corrected chi connectivity index (χ4v) is 1.78. The van der Waals surface area contributed by atoms with Crippen LogP contribution in [0.2, 0.25) is 0 Å². The first-order valence-corrected chi connectivity index (χ1v) is 5.81. The highest BCUT2D eigenvalue weighted by Gasteiger charge is 2.53. The Morgan fingerprint density at radius 2 is 1.67 bits per heavy atom. The summed E-state index contributed by atoms with van der Waals surface area (Å²) in [5.41, 5.74) is -0.276. The Balaban J connectivity index is 2.34. The van der Waals surface area contributed by atoms with Crippen molar-refractivity contribution in [1.82, 2.24) is 9.78 Å². The molecule has 1 aliphatic heterocycles. The Hall–Kier alpha value is -0.610. The van der Waals surface area contributed by atoms with Gasteiger partial charge in [0.25, 0.3) is 0 Å². The third-order valence-corrected chi connectivity index (χ3v) is 3.53. The molecule has 0 saturated carbocycles. The molecule has 0 amide bonds. The second-order valence-electron chi connectivity index (χ2n) is 5.64. The lowest BCUT2D eigenvalue weighted by Crippen LogP contribution is -2.49. The van der Waals surface area contributed by atoms with Gasteiger partial charge in [-0.25, -0.2) is 0 Å². The van der Waals surface area contributed by atoms with E-state index in [1.807, 2.05) is 27.7 Å². The van der Waals surface area contributed by atoms with Crippen LogP contribution in [0, 0.1) is 0 Å². The van der Waals surface area contributed by atoms with Crippen molar-refractivity contribution in [2.24, 2.45) is 0 Å². The summed E-state index contributed by atoms with van der Waals surface area (Å²) in [6.45, 7) is 7.87. The second-order valence-corrected chi connectivity index (χ2v) is 5.64. The van der Waals surface area contributed by atoms with Crippen molar-refractivity contribution in [3.8, 4) is 0 Å². The number of nitrogens with zero attached hydrogens (tertiary/aromatic N) is 2. The van der Waals surface area contributed by atoms with Crippen LogP contribution in [0.15, 0.2) is 12.3 Å². The van der Waals surface area contributed by atoms with Crippen molar-refractivity contribution < 1.29 is 9.31 Å². The standard InChI is InChI=1S/C10H14B4N2O2/c1-8(2)9(3,4)18-14(17-8)7-5-6-15-16(7)10(11,12)13/h5-6H,1-4H3. The van der Waals surface area contributed by atoms with Gasteiger partial charge in [0.15, 0.2) is 0 Å². The molecule has 6 radical (unpaired) electrons. The van der Waals surface area contributed by atoms with E-state index in [1.165, 1.54) is 4.68 Å². The van der Waals surface area contributed by atoms with Gasteiger partial charge in [0.1, 0.15) is 0 Å². The third-order valence-electron chi connectivity index (χ3n) is 3.53. The summed E-state index contributed by atoms with van der Waals surface area (Å²) < 4.78 is 13.1. The Kier molecular flexibility index (Phi) is 3.02. The molecule has 0 aromatic carbocycles. The van der Waals surface area contributed by atoms with Crippen molar-refractivity contribution in [2.45, 2.75) is 44.1 Å². The van der Waals surface area contributed by atoms with E-state index < -0.39 is 23.6 Å². The second kappa shape index (κ2) is 3.94. The van der Waals surface area contributed by atoms with E-state index >= 15 is 0 Å². The van der Waals surface area contributed by atoms with E-state index in [0.717, 1.165) is 0 Å². The molecule has 88 valence electrons. The Morgan fingerprint density at radius 3 is 2.11 bits per heavy atom. The molecule has 2 rings (SSSR count). The van der Waals surface area contributed by atoms with Gasteiger partial charge < -0.3 is 9.31 Å². The van der Waals surface area contributed by atoms with Gasteiger partial charge in [-0.1, -0.05) is 0 Å². The topological polar surface area (TPSA) is 36.3 Å². The zero-order valence-corrected chi connectivity index (χ0v) is 11.2. The van der Waals surface area contributed by atoms with Gasteiger partial charge in [-0.15, -0.1) is 0 Å². The van der Waals surface area contributed by atoms with Crippen molar-refractivity contribution in [3.63, 3.8) is 0 Å². The summed E-state index contributed by atoms with van der Waals surface area (Å²) >= 11 is 0. The first kappa shape index (κ1) is 13.8. The predicted octanol–water partition coefficient (Wildman–Crippen LogP) is -0.744. The minimum atomic E-state index is -1.58. The van der Waals surface area contributed by atoms with E-state index in [-0.39, 0.29) is 0 Å². The van der Waals surface area contributed by atoms with Gasteiger partial charge in [-0.05, 0) is 39.0 Å². The van der Waals surface area contributed by atoms with Crippen molar-refractivity contribution in [2.75, 3.05) is 0 Å². The van der Waals surface area contributed by atoms with Crippen molar-refractivity contribution in [1.29, 1.82) is 0 Å². The summed E-state index contributed by atoms with van der Waals surface area (Å²) in [7, 11) is 16.4. The van der Waals surface area contributed by atoms with Crippen LogP contribution in [0.5, 0.6) is 0 Å². The molecule has 4 nitrogen and oxygen atoms in total. The molecule has 0 atom stereocenters. The first-order chi connectivity index (χ1) is 8.05. The molecule has 0 bridgehead atoms. The average Bonchev–Trinajstić information content (AvgIpc) is 2.68. The highest BCUT2D eigenvalue weighted by atomic mass is 16.7. The molecule has 1 aromatic rings. The van der Waals surface area contributed by atoms with E-state index in [1.54, 1.807) is 12.3 Å². The lowest BCUT2D eigenvalue weighted by atomic mass is 9.49. The number of rotatable bonds is 2. The minimum Gasteiger partial charge on any atom is -0.398 e. The van der Waals surface area contributed by atoms with Crippen LogP contribution in [-0.4, -0.2) is 51.6 Å². The first-order valence-electron chi connectivity index (χ1n) is 5.81. The molecule has 2 heterocycles. The van der Waals surface area contributed by atoms with Crippen LogP contribution in [0.3, 0.4) is 0 Å². The molecule has 0 aliphatic carbocycles. The lowest BCUT2D eigenvalue weighted by molar-refractivity contribution is 0.00578. The highest BCUT2D eigenvalue weighted by Crippen LogP contribution is 2.36. The van der Waals surface area contributed by atoms with Gasteiger partial charge in [-0.3, -0.25) is 4.68 Å². The maximum absolute atomic E-state index is 5.89. The van der Waals surface area contributed by atoms with Crippen molar-refractivity contribution in [3.05, 3.63) is 12.3 Å². The predicted molar refractivity (Wildman–Crippen MR) is 73.2 cm³/mol. The maximum atomic E-state index is 5.89. The SMILES string of the molecule is [B]C([B])([B])n1nccc1B1OC(C)(C)C(C)(C)O1. The van der Waals surface area contributed by atoms with Gasteiger partial charge in [0, 0.05) is 6.20 Å². The normalized spacial score (nSPS) is 22.3. The monoisotopic (exact) mass is 238 g/mol. The van der Waals surface area contributed by atoms with E-state index in [4.69, 9.17) is 32.8 Å². The Morgan fingerprint density at radius 1 is 1.17 bits per heavy atom. The van der Waals surface area contributed by atoms with Crippen LogP contribution in [0.4, 0.5) is 0 Å². The summed E-state index contributed by atoms with van der Waals surface area (Å²) in [6, 6.07) is 1.73. The van der Waals surface area contributed by atoms with Gasteiger partial charge in [0.2, 0.25) is 0 Å². The molecule has 0 unspecified atom stereocenters. The van der Waals surface area contributed by atoms with Gasteiger partial charge in [-0.2, -0.15) is 5.10 Å². The largest absolute Gasteiger partial charge is 0.514 e. The Bertz CT molecular complexity index is 437. The van der Waals surface area contributed by atoms with E-state index in [0.29, 0.717) is 5.59 Å². The van der Waals surface area contributed by atoms with Gasteiger partial charge >= 0.3 is 7.12 Å². The molecule has 0 N–H and O–H groups in total. The smallest absolute Gasteiger partial charge is 0.398 e. The molecule has 1 aromatic heterocycles. The van der Waals surface area contributed by atoms with Crippen LogP contribution >= 0.6 is 0 Å². The summed E-state index contributed by atoms with van der Waals surface area (Å²) in [5, 5.41) is 2.43. The molecular formula is C10H14B4N2O2. The molecule has 8 heteroatoms. The fraction of sp³-hybridized carbons (Fsp3) is 0.700. The zero-order chi connectivity index (χ0) is 13.8. The number of hydrogen-bond donors (Lipinski definition) is 0. The minimum absolute atomic E-state index is 0.437. The molecule has 1 fully saturated rings. The van der Waals surface area contributed by atoms with Gasteiger partial charge in [0.05, 0.1) is 40.3 Å². The van der Waals surface area contributed by atoms with Crippen LogP contribution in [-0.2, 0) is 14.5 Å². The molecule has 18 heavy (non-hydrogen) atoms. The van der Waals surface area contributed by atoms with Crippen molar-refractivity contribution >= 4 is 36.3 Å². The zero-order valence-electron chi connectivity index (χ0n) is 11.2. The lowest BCUT2D eigenvalue weighted by Gasteiger charge is -2.32. The maximum Gasteiger partial charge on any atom is 0.514 e. The summed E-state index contributed by atoms with van der Waals surface area (Å²) in [5.74, 6) is 0. The van der Waals surface area contributed by atoms with Crippen LogP contribution < -0.4 is 5.59 Å². The van der Waals surface area contributed by atoms with Crippen LogP contribution in [0.1, 0.15) is 27.7 Å². The molecule has 1 aliphatic rings.